The van der Waals surface area contributed by atoms with Crippen LogP contribution < -0.4 is 4.90 Å². The van der Waals surface area contributed by atoms with Crippen LogP contribution in [0.1, 0.15) is 37.0 Å². The van der Waals surface area contributed by atoms with Gasteiger partial charge in [0.05, 0.1) is 11.3 Å². The Morgan fingerprint density at radius 3 is 2.59 bits per heavy atom. The molecule has 0 unspecified atom stereocenters. The molecule has 1 aliphatic heterocycles. The third-order valence-electron chi connectivity index (χ3n) is 3.04. The minimum Gasteiger partial charge on any atom is -0.305 e. The molecule has 1 aromatic rings. The van der Waals surface area contributed by atoms with E-state index < -0.39 is 0 Å². The highest BCUT2D eigenvalue weighted by atomic mass is 16.2. The molecule has 3 heteroatoms. The smallest absolute Gasteiger partial charge is 0.299 e. The lowest BCUT2D eigenvalue weighted by Gasteiger charge is -2.16. The van der Waals surface area contributed by atoms with Crippen molar-refractivity contribution in [3.63, 3.8) is 0 Å². The molecule has 1 aromatic carbocycles. The molecule has 0 saturated heterocycles. The highest BCUT2D eigenvalue weighted by Gasteiger charge is 2.34. The Labute approximate surface area is 101 Å². The van der Waals surface area contributed by atoms with E-state index in [2.05, 4.69) is 13.8 Å². The predicted octanol–water partition coefficient (Wildman–Crippen LogP) is 2.65. The van der Waals surface area contributed by atoms with Gasteiger partial charge in [0.15, 0.2) is 0 Å². The van der Waals surface area contributed by atoms with Crippen LogP contribution in [0.2, 0.25) is 0 Å². The van der Waals surface area contributed by atoms with Gasteiger partial charge in [0.1, 0.15) is 0 Å². The van der Waals surface area contributed by atoms with E-state index in [1.807, 2.05) is 12.1 Å². The maximum atomic E-state index is 11.8. The lowest BCUT2D eigenvalue weighted by atomic mass is 10.1. The van der Waals surface area contributed by atoms with E-state index in [1.165, 1.54) is 0 Å². The van der Waals surface area contributed by atoms with Crippen molar-refractivity contribution in [2.75, 3.05) is 11.4 Å². The quantitative estimate of drug-likeness (QED) is 0.747. The molecule has 0 fully saturated rings. The van der Waals surface area contributed by atoms with Gasteiger partial charge in [0.25, 0.3) is 11.7 Å². The van der Waals surface area contributed by atoms with Gasteiger partial charge in [0.2, 0.25) is 0 Å². The van der Waals surface area contributed by atoms with Crippen LogP contribution in [-0.2, 0) is 4.79 Å². The number of hydrogen-bond donors (Lipinski definition) is 0. The zero-order valence-electron chi connectivity index (χ0n) is 10.3. The fourth-order valence-corrected chi connectivity index (χ4v) is 2.13. The first-order valence-corrected chi connectivity index (χ1v) is 6.06. The molecule has 17 heavy (non-hydrogen) atoms. The normalized spacial score (nSPS) is 14.6. The van der Waals surface area contributed by atoms with Gasteiger partial charge in [-0.3, -0.25) is 9.59 Å². The molecule has 0 radical (unpaired) electrons. The first-order chi connectivity index (χ1) is 8.11. The average Bonchev–Trinajstić information content (AvgIpc) is 2.54. The number of para-hydroxylation sites is 1. The molecule has 1 aliphatic rings. The van der Waals surface area contributed by atoms with Crippen molar-refractivity contribution in [3.8, 4) is 0 Å². The molecule has 0 saturated carbocycles. The fourth-order valence-electron chi connectivity index (χ4n) is 2.13. The van der Waals surface area contributed by atoms with E-state index in [-0.39, 0.29) is 11.7 Å². The molecule has 0 bridgehead atoms. The van der Waals surface area contributed by atoms with Gasteiger partial charge in [0, 0.05) is 6.54 Å². The number of rotatable bonds is 4. The van der Waals surface area contributed by atoms with Crippen LogP contribution in [0.3, 0.4) is 0 Å². The van der Waals surface area contributed by atoms with Crippen molar-refractivity contribution < 1.29 is 9.59 Å². The van der Waals surface area contributed by atoms with Gasteiger partial charge in [-0.25, -0.2) is 0 Å². The second-order valence-corrected chi connectivity index (χ2v) is 4.84. The van der Waals surface area contributed by atoms with Crippen molar-refractivity contribution in [1.82, 2.24) is 0 Å². The maximum Gasteiger partial charge on any atom is 0.299 e. The summed E-state index contributed by atoms with van der Waals surface area (Å²) in [7, 11) is 0. The number of hydrogen-bond acceptors (Lipinski definition) is 2. The molecule has 2 rings (SSSR count). The summed E-state index contributed by atoms with van der Waals surface area (Å²) in [5.41, 5.74) is 1.31. The minimum atomic E-state index is -0.380. The summed E-state index contributed by atoms with van der Waals surface area (Å²) in [4.78, 5) is 25.1. The van der Waals surface area contributed by atoms with Gasteiger partial charge in [-0.2, -0.15) is 0 Å². The Bertz CT molecular complexity index is 451. The summed E-state index contributed by atoms with van der Waals surface area (Å²) < 4.78 is 0. The number of anilines is 1. The van der Waals surface area contributed by atoms with Gasteiger partial charge >= 0.3 is 0 Å². The molecule has 90 valence electrons. The highest BCUT2D eigenvalue weighted by molar-refractivity contribution is 6.52. The molecule has 0 spiro atoms. The van der Waals surface area contributed by atoms with Crippen LogP contribution in [0.5, 0.6) is 0 Å². The van der Waals surface area contributed by atoms with Crippen LogP contribution in [0.4, 0.5) is 5.69 Å². The van der Waals surface area contributed by atoms with Crippen LogP contribution in [-0.4, -0.2) is 18.2 Å². The Balaban J connectivity index is 2.13. The number of fused-ring (bicyclic) bond motifs is 1. The zero-order chi connectivity index (χ0) is 12.4. The molecular formula is C14H17NO2. The van der Waals surface area contributed by atoms with Crippen molar-refractivity contribution >= 4 is 17.4 Å². The molecule has 0 aliphatic carbocycles. The molecule has 1 heterocycles. The van der Waals surface area contributed by atoms with Gasteiger partial charge in [-0.15, -0.1) is 0 Å². The number of benzene rings is 1. The lowest BCUT2D eigenvalue weighted by Crippen LogP contribution is -2.30. The van der Waals surface area contributed by atoms with E-state index in [4.69, 9.17) is 0 Å². The summed E-state index contributed by atoms with van der Waals surface area (Å²) in [6.45, 7) is 4.95. The van der Waals surface area contributed by atoms with E-state index in [0.29, 0.717) is 18.0 Å². The minimum absolute atomic E-state index is 0.370. The van der Waals surface area contributed by atoms with Gasteiger partial charge in [-0.05, 0) is 30.9 Å². The topological polar surface area (TPSA) is 37.4 Å². The van der Waals surface area contributed by atoms with Crippen molar-refractivity contribution in [2.45, 2.75) is 26.7 Å². The van der Waals surface area contributed by atoms with Crippen LogP contribution in [0.25, 0.3) is 0 Å². The summed E-state index contributed by atoms with van der Waals surface area (Å²) in [6.07, 6.45) is 2.01. The monoisotopic (exact) mass is 231 g/mol. The third kappa shape index (κ3) is 2.23. The molecule has 3 nitrogen and oxygen atoms in total. The molecule has 1 amide bonds. The largest absolute Gasteiger partial charge is 0.305 e. The highest BCUT2D eigenvalue weighted by Crippen LogP contribution is 2.28. The Morgan fingerprint density at radius 2 is 1.88 bits per heavy atom. The maximum absolute atomic E-state index is 11.8. The number of Topliss-reactive ketones (excluding diaryl/α,β-unsaturated/α-hetero) is 1. The van der Waals surface area contributed by atoms with Crippen LogP contribution >= 0.6 is 0 Å². The van der Waals surface area contributed by atoms with Crippen molar-refractivity contribution in [3.05, 3.63) is 29.8 Å². The average molecular weight is 231 g/mol. The van der Waals surface area contributed by atoms with Crippen molar-refractivity contribution in [2.24, 2.45) is 5.92 Å². The van der Waals surface area contributed by atoms with Crippen LogP contribution in [0.15, 0.2) is 24.3 Å². The van der Waals surface area contributed by atoms with Gasteiger partial charge < -0.3 is 4.90 Å². The van der Waals surface area contributed by atoms with E-state index in [9.17, 15) is 9.59 Å². The van der Waals surface area contributed by atoms with E-state index in [0.717, 1.165) is 18.5 Å². The van der Waals surface area contributed by atoms with E-state index >= 15 is 0 Å². The second-order valence-electron chi connectivity index (χ2n) is 4.84. The molecule has 0 atom stereocenters. The first kappa shape index (κ1) is 11.8. The Kier molecular flexibility index (Phi) is 3.27. The second kappa shape index (κ2) is 4.70. The summed E-state index contributed by atoms with van der Waals surface area (Å²) in [5, 5.41) is 0. The zero-order valence-corrected chi connectivity index (χ0v) is 10.3. The first-order valence-electron chi connectivity index (χ1n) is 6.06. The number of nitrogens with zero attached hydrogens (tertiary/aromatic N) is 1. The summed E-state index contributed by atoms with van der Waals surface area (Å²) >= 11 is 0. The number of amides is 1. The summed E-state index contributed by atoms with van der Waals surface area (Å²) in [6, 6.07) is 7.22. The molecule has 0 N–H and O–H groups in total. The third-order valence-corrected chi connectivity index (χ3v) is 3.04. The van der Waals surface area contributed by atoms with Gasteiger partial charge in [-0.1, -0.05) is 26.0 Å². The predicted molar refractivity (Wildman–Crippen MR) is 67.2 cm³/mol. The van der Waals surface area contributed by atoms with Crippen LogP contribution in [0, 0.1) is 5.92 Å². The number of ketones is 1. The molecule has 0 aromatic heterocycles. The standard InChI is InChI=1S/C14H17NO2/c1-10(2)6-5-9-15-12-8-4-3-7-11(12)13(16)14(15)17/h3-4,7-8,10H,5-6,9H2,1-2H3. The number of carbonyl (C=O) groups is 2. The number of carbonyl (C=O) groups excluding carboxylic acids is 2. The van der Waals surface area contributed by atoms with Crippen molar-refractivity contribution in [1.29, 1.82) is 0 Å². The Morgan fingerprint density at radius 1 is 1.18 bits per heavy atom. The Hall–Kier alpha value is -1.64. The van der Waals surface area contributed by atoms with E-state index in [1.54, 1.807) is 17.0 Å². The lowest BCUT2D eigenvalue weighted by molar-refractivity contribution is -0.114. The SMILES string of the molecule is CC(C)CCCN1C(=O)C(=O)c2ccccc21. The molecular weight excluding hydrogens is 214 g/mol. The summed E-state index contributed by atoms with van der Waals surface area (Å²) in [5.74, 6) is -0.126. The fraction of sp³-hybridized carbons (Fsp3) is 0.429.